The summed E-state index contributed by atoms with van der Waals surface area (Å²) in [7, 11) is 1.93. The fourth-order valence-corrected chi connectivity index (χ4v) is 2.99. The summed E-state index contributed by atoms with van der Waals surface area (Å²) in [5, 5.41) is 12.1. The second-order valence-corrected chi connectivity index (χ2v) is 6.60. The number of thioether (sulfide) groups is 1. The number of nitrogens with zero attached hydrogens (tertiary/aromatic N) is 3. The minimum atomic E-state index is -0.0310. The van der Waals surface area contributed by atoms with Crippen molar-refractivity contribution in [3.63, 3.8) is 0 Å². The Balaban J connectivity index is 1.99. The Bertz CT molecular complexity index is 659. The molecule has 1 amide bonds. The van der Waals surface area contributed by atoms with Gasteiger partial charge in [0, 0.05) is 18.7 Å². The van der Waals surface area contributed by atoms with E-state index in [0.29, 0.717) is 11.7 Å². The average Bonchev–Trinajstić information content (AvgIpc) is 2.82. The number of anilines is 1. The Hall–Kier alpha value is -1.82. The first-order valence-electron chi connectivity index (χ1n) is 7.28. The van der Waals surface area contributed by atoms with Gasteiger partial charge in [0.1, 0.15) is 5.82 Å². The SMILES string of the molecule is Cc1cccc(C)c1NC(=O)CSc1nnc(C(C)C)n1C. The Kier molecular flexibility index (Phi) is 5.24. The van der Waals surface area contributed by atoms with Crippen LogP contribution in [0, 0.1) is 13.8 Å². The van der Waals surface area contributed by atoms with Crippen molar-refractivity contribution in [3.05, 3.63) is 35.2 Å². The summed E-state index contributed by atoms with van der Waals surface area (Å²) >= 11 is 1.40. The van der Waals surface area contributed by atoms with Crippen molar-refractivity contribution >= 4 is 23.4 Å². The molecule has 0 bridgehead atoms. The minimum absolute atomic E-state index is 0.0310. The highest BCUT2D eigenvalue weighted by atomic mass is 32.2. The third-order valence-corrected chi connectivity index (χ3v) is 4.48. The monoisotopic (exact) mass is 318 g/mol. The van der Waals surface area contributed by atoms with Gasteiger partial charge in [-0.2, -0.15) is 0 Å². The zero-order valence-corrected chi connectivity index (χ0v) is 14.5. The van der Waals surface area contributed by atoms with Crippen LogP contribution in [0.3, 0.4) is 0 Å². The number of carbonyl (C=O) groups excluding carboxylic acids is 1. The molecule has 0 aliphatic heterocycles. The molecule has 0 saturated heterocycles. The van der Waals surface area contributed by atoms with Crippen molar-refractivity contribution in [2.75, 3.05) is 11.1 Å². The molecule has 2 aromatic rings. The molecule has 0 atom stereocenters. The molecule has 6 heteroatoms. The summed E-state index contributed by atoms with van der Waals surface area (Å²) in [5.41, 5.74) is 3.03. The maximum absolute atomic E-state index is 12.2. The third-order valence-electron chi connectivity index (χ3n) is 3.46. The lowest BCUT2D eigenvalue weighted by Crippen LogP contribution is -2.16. The Morgan fingerprint density at radius 2 is 1.91 bits per heavy atom. The van der Waals surface area contributed by atoms with Crippen LogP contribution in [-0.2, 0) is 11.8 Å². The maximum Gasteiger partial charge on any atom is 0.234 e. The molecule has 118 valence electrons. The van der Waals surface area contributed by atoms with Gasteiger partial charge in [-0.1, -0.05) is 43.8 Å². The largest absolute Gasteiger partial charge is 0.325 e. The number of nitrogens with one attached hydrogen (secondary N) is 1. The molecule has 1 N–H and O–H groups in total. The third kappa shape index (κ3) is 3.68. The molecule has 0 fully saturated rings. The Morgan fingerprint density at radius 1 is 1.27 bits per heavy atom. The molecule has 0 aliphatic carbocycles. The highest BCUT2D eigenvalue weighted by Crippen LogP contribution is 2.22. The van der Waals surface area contributed by atoms with Crippen LogP contribution < -0.4 is 5.32 Å². The molecule has 0 saturated carbocycles. The van der Waals surface area contributed by atoms with Crippen molar-refractivity contribution in [3.8, 4) is 0 Å². The lowest BCUT2D eigenvalue weighted by Gasteiger charge is -2.11. The van der Waals surface area contributed by atoms with E-state index in [2.05, 4.69) is 29.4 Å². The van der Waals surface area contributed by atoms with Crippen LogP contribution in [0.4, 0.5) is 5.69 Å². The number of aryl methyl sites for hydroxylation is 2. The molecule has 2 rings (SSSR count). The van der Waals surface area contributed by atoms with Crippen molar-refractivity contribution < 1.29 is 4.79 Å². The maximum atomic E-state index is 12.2. The van der Waals surface area contributed by atoms with Crippen LogP contribution in [0.1, 0.15) is 36.7 Å². The number of hydrogen-bond donors (Lipinski definition) is 1. The quantitative estimate of drug-likeness (QED) is 0.860. The van der Waals surface area contributed by atoms with E-state index in [4.69, 9.17) is 0 Å². The van der Waals surface area contributed by atoms with Gasteiger partial charge in [0.2, 0.25) is 5.91 Å². The molecule has 0 spiro atoms. The number of aromatic nitrogens is 3. The van der Waals surface area contributed by atoms with Gasteiger partial charge in [0.05, 0.1) is 5.75 Å². The van der Waals surface area contributed by atoms with E-state index in [-0.39, 0.29) is 5.91 Å². The van der Waals surface area contributed by atoms with Crippen molar-refractivity contribution in [2.45, 2.75) is 38.8 Å². The lowest BCUT2D eigenvalue weighted by atomic mass is 10.1. The fraction of sp³-hybridized carbons (Fsp3) is 0.438. The molecular formula is C16H22N4OS. The number of benzene rings is 1. The van der Waals surface area contributed by atoms with Gasteiger partial charge < -0.3 is 9.88 Å². The highest BCUT2D eigenvalue weighted by Gasteiger charge is 2.14. The Labute approximate surface area is 135 Å². The topological polar surface area (TPSA) is 59.8 Å². The van der Waals surface area contributed by atoms with Gasteiger partial charge in [-0.3, -0.25) is 4.79 Å². The van der Waals surface area contributed by atoms with Crippen molar-refractivity contribution in [2.24, 2.45) is 7.05 Å². The second kappa shape index (κ2) is 6.96. The normalized spacial score (nSPS) is 11.0. The summed E-state index contributed by atoms with van der Waals surface area (Å²) in [6.07, 6.45) is 0. The fourth-order valence-electron chi connectivity index (χ4n) is 2.27. The van der Waals surface area contributed by atoms with Gasteiger partial charge in [-0.25, -0.2) is 0 Å². The van der Waals surface area contributed by atoms with E-state index in [1.165, 1.54) is 11.8 Å². The molecule has 0 unspecified atom stereocenters. The summed E-state index contributed by atoms with van der Waals surface area (Å²) < 4.78 is 1.95. The zero-order valence-electron chi connectivity index (χ0n) is 13.7. The van der Waals surface area contributed by atoms with Gasteiger partial charge in [0.25, 0.3) is 0 Å². The van der Waals surface area contributed by atoms with E-state index in [9.17, 15) is 4.79 Å². The van der Waals surface area contributed by atoms with Crippen LogP contribution in [0.15, 0.2) is 23.4 Å². The summed E-state index contributed by atoms with van der Waals surface area (Å²) in [5.74, 6) is 1.53. The standard InChI is InChI=1S/C16H22N4OS/c1-10(2)15-18-19-16(20(15)5)22-9-13(21)17-14-11(3)7-6-8-12(14)4/h6-8,10H,9H2,1-5H3,(H,17,21). The number of amides is 1. The van der Waals surface area contributed by atoms with Gasteiger partial charge in [0.15, 0.2) is 5.16 Å². The lowest BCUT2D eigenvalue weighted by molar-refractivity contribution is -0.113. The number of hydrogen-bond acceptors (Lipinski definition) is 4. The Morgan fingerprint density at radius 3 is 2.45 bits per heavy atom. The minimum Gasteiger partial charge on any atom is -0.325 e. The van der Waals surface area contributed by atoms with E-state index in [0.717, 1.165) is 27.8 Å². The molecule has 1 aromatic heterocycles. The first-order valence-corrected chi connectivity index (χ1v) is 8.27. The summed E-state index contributed by atoms with van der Waals surface area (Å²) in [6, 6.07) is 5.97. The van der Waals surface area contributed by atoms with Gasteiger partial charge >= 0.3 is 0 Å². The molecule has 0 aliphatic rings. The number of rotatable bonds is 5. The number of para-hydroxylation sites is 1. The second-order valence-electron chi connectivity index (χ2n) is 5.66. The summed E-state index contributed by atoms with van der Waals surface area (Å²) in [4.78, 5) is 12.2. The van der Waals surface area contributed by atoms with Gasteiger partial charge in [-0.05, 0) is 25.0 Å². The zero-order chi connectivity index (χ0) is 16.3. The molecular weight excluding hydrogens is 296 g/mol. The predicted octanol–water partition coefficient (Wildman–Crippen LogP) is 3.29. The highest BCUT2D eigenvalue weighted by molar-refractivity contribution is 7.99. The number of carbonyl (C=O) groups is 1. The molecule has 5 nitrogen and oxygen atoms in total. The smallest absolute Gasteiger partial charge is 0.234 e. The first kappa shape index (κ1) is 16.5. The van der Waals surface area contributed by atoms with E-state index >= 15 is 0 Å². The van der Waals surface area contributed by atoms with Gasteiger partial charge in [-0.15, -0.1) is 10.2 Å². The molecule has 0 radical (unpaired) electrons. The van der Waals surface area contributed by atoms with Crippen LogP contribution in [-0.4, -0.2) is 26.4 Å². The predicted molar refractivity (Wildman–Crippen MR) is 90.4 cm³/mol. The van der Waals surface area contributed by atoms with E-state index in [1.54, 1.807) is 0 Å². The summed E-state index contributed by atoms with van der Waals surface area (Å²) in [6.45, 7) is 8.14. The first-order chi connectivity index (χ1) is 10.4. The van der Waals surface area contributed by atoms with Crippen LogP contribution in [0.25, 0.3) is 0 Å². The molecule has 22 heavy (non-hydrogen) atoms. The van der Waals surface area contributed by atoms with E-state index < -0.39 is 0 Å². The molecule has 1 heterocycles. The molecule has 1 aromatic carbocycles. The average molecular weight is 318 g/mol. The van der Waals surface area contributed by atoms with Crippen molar-refractivity contribution in [1.29, 1.82) is 0 Å². The van der Waals surface area contributed by atoms with Crippen LogP contribution >= 0.6 is 11.8 Å². The van der Waals surface area contributed by atoms with Crippen LogP contribution in [0.5, 0.6) is 0 Å². The van der Waals surface area contributed by atoms with E-state index in [1.807, 2.05) is 43.7 Å². The van der Waals surface area contributed by atoms with Crippen LogP contribution in [0.2, 0.25) is 0 Å². The van der Waals surface area contributed by atoms with Crippen molar-refractivity contribution in [1.82, 2.24) is 14.8 Å².